The maximum atomic E-state index is 5.35. The molecule has 0 bridgehead atoms. The highest BCUT2D eigenvalue weighted by Crippen LogP contribution is 2.23. The van der Waals surface area contributed by atoms with Crippen molar-refractivity contribution in [2.45, 2.75) is 45.7 Å². The maximum Gasteiger partial charge on any atom is 0.237 e. The van der Waals surface area contributed by atoms with E-state index >= 15 is 0 Å². The molecule has 0 aromatic carbocycles. The molecule has 1 N–H and O–H groups in total. The molecule has 0 atom stereocenters. The van der Waals surface area contributed by atoms with Crippen molar-refractivity contribution in [2.24, 2.45) is 0 Å². The van der Waals surface area contributed by atoms with Crippen molar-refractivity contribution in [2.75, 3.05) is 7.11 Å². The first kappa shape index (κ1) is 13.4. The van der Waals surface area contributed by atoms with E-state index in [-0.39, 0.29) is 5.54 Å². The standard InChI is InChI=1S/C13H21N3OS/c1-5-6-13(2,3)14-9-10-11(17-4)15-12-16(10)7-8-18-12/h7-8,14H,5-6,9H2,1-4H3. The third-order valence-corrected chi connectivity index (χ3v) is 3.88. The Morgan fingerprint density at radius 3 is 2.94 bits per heavy atom. The Hall–Kier alpha value is -1.07. The lowest BCUT2D eigenvalue weighted by atomic mass is 9.99. The summed E-state index contributed by atoms with van der Waals surface area (Å²) in [5, 5.41) is 5.63. The maximum absolute atomic E-state index is 5.35. The molecule has 0 aliphatic carbocycles. The van der Waals surface area contributed by atoms with Crippen LogP contribution in [0.3, 0.4) is 0 Å². The number of hydrogen-bond acceptors (Lipinski definition) is 4. The van der Waals surface area contributed by atoms with Gasteiger partial charge >= 0.3 is 0 Å². The molecule has 2 heterocycles. The van der Waals surface area contributed by atoms with Crippen molar-refractivity contribution < 1.29 is 4.74 Å². The molecule has 5 heteroatoms. The van der Waals surface area contributed by atoms with E-state index in [4.69, 9.17) is 4.74 Å². The van der Waals surface area contributed by atoms with Crippen LogP contribution < -0.4 is 10.1 Å². The van der Waals surface area contributed by atoms with Crippen molar-refractivity contribution >= 4 is 16.3 Å². The van der Waals surface area contributed by atoms with Gasteiger partial charge in [-0.05, 0) is 20.3 Å². The number of hydrogen-bond donors (Lipinski definition) is 1. The minimum absolute atomic E-state index is 0.139. The van der Waals surface area contributed by atoms with E-state index in [1.165, 1.54) is 6.42 Å². The minimum atomic E-state index is 0.139. The number of ether oxygens (including phenoxy) is 1. The van der Waals surface area contributed by atoms with Gasteiger partial charge in [0.05, 0.1) is 7.11 Å². The van der Waals surface area contributed by atoms with E-state index in [1.54, 1.807) is 18.4 Å². The lowest BCUT2D eigenvalue weighted by Gasteiger charge is -2.25. The molecule has 0 saturated heterocycles. The summed E-state index contributed by atoms with van der Waals surface area (Å²) in [6, 6.07) is 0. The summed E-state index contributed by atoms with van der Waals surface area (Å²) in [6.07, 6.45) is 4.37. The van der Waals surface area contributed by atoms with Gasteiger partial charge in [0.2, 0.25) is 5.88 Å². The van der Waals surface area contributed by atoms with Crippen molar-refractivity contribution in [1.82, 2.24) is 14.7 Å². The highest BCUT2D eigenvalue weighted by atomic mass is 32.1. The van der Waals surface area contributed by atoms with Gasteiger partial charge in [-0.15, -0.1) is 11.3 Å². The largest absolute Gasteiger partial charge is 0.480 e. The minimum Gasteiger partial charge on any atom is -0.480 e. The van der Waals surface area contributed by atoms with Crippen molar-refractivity contribution in [3.63, 3.8) is 0 Å². The van der Waals surface area contributed by atoms with Crippen molar-refractivity contribution in [1.29, 1.82) is 0 Å². The molecule has 0 fully saturated rings. The van der Waals surface area contributed by atoms with Crippen LogP contribution in [0.25, 0.3) is 4.96 Å². The van der Waals surface area contributed by atoms with Gasteiger partial charge in [0, 0.05) is 23.7 Å². The summed E-state index contributed by atoms with van der Waals surface area (Å²) in [7, 11) is 1.67. The highest BCUT2D eigenvalue weighted by molar-refractivity contribution is 7.15. The second-order valence-corrected chi connectivity index (χ2v) is 5.98. The fourth-order valence-electron chi connectivity index (χ4n) is 2.17. The van der Waals surface area contributed by atoms with E-state index in [2.05, 4.69) is 35.5 Å². The number of nitrogens with zero attached hydrogens (tertiary/aromatic N) is 2. The Kier molecular flexibility index (Phi) is 3.92. The average Bonchev–Trinajstić information content (AvgIpc) is 2.86. The summed E-state index contributed by atoms with van der Waals surface area (Å²) < 4.78 is 7.44. The van der Waals surface area contributed by atoms with Crippen LogP contribution in [0, 0.1) is 0 Å². The second kappa shape index (κ2) is 5.28. The molecule has 2 rings (SSSR count). The van der Waals surface area contributed by atoms with E-state index in [0.29, 0.717) is 0 Å². The van der Waals surface area contributed by atoms with Gasteiger partial charge in [-0.2, -0.15) is 4.98 Å². The molecule has 100 valence electrons. The van der Waals surface area contributed by atoms with Gasteiger partial charge in [0.1, 0.15) is 5.69 Å². The number of fused-ring (bicyclic) bond motifs is 1. The van der Waals surface area contributed by atoms with Gasteiger partial charge in [0.15, 0.2) is 4.96 Å². The zero-order valence-electron chi connectivity index (χ0n) is 11.5. The summed E-state index contributed by atoms with van der Waals surface area (Å²) in [5.74, 6) is 0.724. The average molecular weight is 267 g/mol. The fourth-order valence-corrected chi connectivity index (χ4v) is 2.90. The Morgan fingerprint density at radius 2 is 2.28 bits per heavy atom. The van der Waals surface area contributed by atoms with Crippen LogP contribution in [0.2, 0.25) is 0 Å². The number of imidazole rings is 1. The molecule has 0 radical (unpaired) electrons. The monoisotopic (exact) mass is 267 g/mol. The quantitative estimate of drug-likeness (QED) is 0.874. The van der Waals surface area contributed by atoms with Crippen molar-refractivity contribution in [3.05, 3.63) is 17.3 Å². The molecule has 0 saturated carbocycles. The molecule has 0 unspecified atom stereocenters. The number of thiazole rings is 1. The number of rotatable bonds is 6. The molecule has 0 spiro atoms. The molecule has 0 amide bonds. The molecule has 4 nitrogen and oxygen atoms in total. The van der Waals surface area contributed by atoms with Gasteiger partial charge < -0.3 is 10.1 Å². The second-order valence-electron chi connectivity index (χ2n) is 5.11. The normalized spacial score (nSPS) is 12.2. The summed E-state index contributed by atoms with van der Waals surface area (Å²) >= 11 is 1.63. The van der Waals surface area contributed by atoms with Gasteiger partial charge in [-0.1, -0.05) is 13.3 Å². The highest BCUT2D eigenvalue weighted by Gasteiger charge is 2.19. The smallest absolute Gasteiger partial charge is 0.237 e. The van der Waals surface area contributed by atoms with Crippen LogP contribution in [0.4, 0.5) is 0 Å². The molecule has 2 aromatic rings. The van der Waals surface area contributed by atoms with E-state index < -0.39 is 0 Å². The van der Waals surface area contributed by atoms with Crippen molar-refractivity contribution in [3.8, 4) is 5.88 Å². The first-order valence-corrected chi connectivity index (χ1v) is 7.19. The summed E-state index contributed by atoms with van der Waals surface area (Å²) in [4.78, 5) is 5.44. The Balaban J connectivity index is 2.17. The Labute approximate surface area is 112 Å². The predicted molar refractivity (Wildman–Crippen MR) is 75.4 cm³/mol. The van der Waals surface area contributed by atoms with Crippen LogP contribution in [0.5, 0.6) is 5.88 Å². The predicted octanol–water partition coefficient (Wildman–Crippen LogP) is 3.07. The first-order chi connectivity index (χ1) is 8.57. The molecule has 18 heavy (non-hydrogen) atoms. The Bertz CT molecular complexity index is 515. The van der Waals surface area contributed by atoms with Crippen LogP contribution in [0.15, 0.2) is 11.6 Å². The molecular weight excluding hydrogens is 246 g/mol. The number of methoxy groups -OCH3 is 1. The fraction of sp³-hybridized carbons (Fsp3) is 0.615. The van der Waals surface area contributed by atoms with Gasteiger partial charge in [-0.3, -0.25) is 4.40 Å². The zero-order valence-corrected chi connectivity index (χ0v) is 12.3. The SMILES string of the molecule is CCCC(C)(C)NCc1c(OC)nc2sccn12. The summed E-state index contributed by atoms with van der Waals surface area (Å²) in [5.41, 5.74) is 1.23. The van der Waals surface area contributed by atoms with E-state index in [9.17, 15) is 0 Å². The molecule has 0 aliphatic heterocycles. The molecule has 2 aromatic heterocycles. The van der Waals surface area contributed by atoms with Gasteiger partial charge in [-0.25, -0.2) is 0 Å². The van der Waals surface area contributed by atoms with E-state index in [0.717, 1.165) is 29.5 Å². The lowest BCUT2D eigenvalue weighted by molar-refractivity contribution is 0.345. The number of nitrogens with one attached hydrogen (secondary N) is 1. The van der Waals surface area contributed by atoms with Crippen LogP contribution >= 0.6 is 11.3 Å². The van der Waals surface area contributed by atoms with Gasteiger partial charge in [0.25, 0.3) is 0 Å². The topological polar surface area (TPSA) is 38.6 Å². The van der Waals surface area contributed by atoms with E-state index in [1.807, 2.05) is 11.6 Å². The summed E-state index contributed by atoms with van der Waals surface area (Å²) in [6.45, 7) is 7.44. The van der Waals surface area contributed by atoms with Crippen LogP contribution in [-0.4, -0.2) is 22.0 Å². The molecule has 0 aliphatic rings. The lowest BCUT2D eigenvalue weighted by Crippen LogP contribution is -2.38. The third kappa shape index (κ3) is 2.67. The number of aromatic nitrogens is 2. The zero-order chi connectivity index (χ0) is 13.2. The van der Waals surface area contributed by atoms with Crippen LogP contribution in [-0.2, 0) is 6.54 Å². The Morgan fingerprint density at radius 1 is 1.50 bits per heavy atom. The first-order valence-electron chi connectivity index (χ1n) is 6.31. The third-order valence-electron chi connectivity index (χ3n) is 3.13. The van der Waals surface area contributed by atoms with Crippen LogP contribution in [0.1, 0.15) is 39.3 Å². The molecular formula is C13H21N3OS.